The molecule has 3 aromatic rings. The molecule has 32 heavy (non-hydrogen) atoms. The number of anilines is 1. The van der Waals surface area contributed by atoms with Crippen LogP contribution < -0.4 is 10.1 Å². The topological polar surface area (TPSA) is 52.2 Å². The number of methoxy groups -OCH3 is 1. The molecule has 1 aromatic carbocycles. The number of hydrogen-bond acceptors (Lipinski definition) is 4. The van der Waals surface area contributed by atoms with Gasteiger partial charge in [0.15, 0.2) is 0 Å². The quantitative estimate of drug-likeness (QED) is 0.494. The summed E-state index contributed by atoms with van der Waals surface area (Å²) < 4.78 is 13.4. The lowest BCUT2D eigenvalue weighted by atomic mass is 9.76. The fraction of sp³-hybridized carbons (Fsp3) is 0.519. The third-order valence-corrected chi connectivity index (χ3v) is 7.98. The maximum atomic E-state index is 5.54. The fourth-order valence-electron chi connectivity index (χ4n) is 5.93. The van der Waals surface area contributed by atoms with Gasteiger partial charge in [-0.25, -0.2) is 0 Å². The monoisotopic (exact) mass is 433 g/mol. The number of nitrogens with one attached hydrogen (secondary N) is 1. The molecule has 0 radical (unpaired) electrons. The van der Waals surface area contributed by atoms with Crippen LogP contribution >= 0.6 is 0 Å². The Kier molecular flexibility index (Phi) is 5.31. The first-order valence-electron chi connectivity index (χ1n) is 12.1. The van der Waals surface area contributed by atoms with Crippen LogP contribution in [0.5, 0.6) is 5.75 Å². The molecule has 170 valence electrons. The standard InChI is InChI=1S/C27H35N3O2/c1-5-24-21(19(2)29-32-24)11-14-26(3)12-7-13-27(16-15-26)25-8-6-17-30(25)23-10-9-20(31-4)18-22(23)28-27/h6,8-10,17-18,28H,5,7,11-16H2,1-4H3. The van der Waals surface area contributed by atoms with Gasteiger partial charge in [0.25, 0.3) is 0 Å². The highest BCUT2D eigenvalue weighted by Crippen LogP contribution is 2.50. The summed E-state index contributed by atoms with van der Waals surface area (Å²) in [6, 6.07) is 10.8. The molecule has 2 aliphatic rings. The van der Waals surface area contributed by atoms with E-state index < -0.39 is 0 Å². The van der Waals surface area contributed by atoms with E-state index in [-0.39, 0.29) is 5.54 Å². The van der Waals surface area contributed by atoms with Gasteiger partial charge in [0, 0.05) is 29.9 Å². The Morgan fingerprint density at radius 3 is 2.88 bits per heavy atom. The average molecular weight is 434 g/mol. The highest BCUT2D eigenvalue weighted by molar-refractivity contribution is 5.69. The van der Waals surface area contributed by atoms with Crippen LogP contribution in [0.2, 0.25) is 0 Å². The summed E-state index contributed by atoms with van der Waals surface area (Å²) in [4.78, 5) is 0. The molecule has 5 heteroatoms. The second kappa shape index (κ2) is 8.02. The van der Waals surface area contributed by atoms with Crippen LogP contribution in [-0.4, -0.2) is 16.8 Å². The van der Waals surface area contributed by atoms with Gasteiger partial charge < -0.3 is 19.1 Å². The van der Waals surface area contributed by atoms with Crippen molar-refractivity contribution < 1.29 is 9.26 Å². The molecule has 1 saturated carbocycles. The number of aromatic nitrogens is 2. The number of fused-ring (bicyclic) bond motifs is 4. The molecule has 3 heterocycles. The summed E-state index contributed by atoms with van der Waals surface area (Å²) in [6.07, 6.45) is 11.3. The van der Waals surface area contributed by atoms with E-state index in [1.54, 1.807) is 7.11 Å². The van der Waals surface area contributed by atoms with Crippen LogP contribution in [0.1, 0.15) is 75.1 Å². The van der Waals surface area contributed by atoms with Gasteiger partial charge in [0.2, 0.25) is 0 Å². The SMILES string of the molecule is CCc1onc(C)c1CCC1(C)CCCC2(CC1)Nc1cc(OC)ccc1-n1cccc12. The van der Waals surface area contributed by atoms with E-state index in [1.165, 1.54) is 48.3 Å². The Labute approximate surface area is 191 Å². The zero-order valence-corrected chi connectivity index (χ0v) is 19.8. The van der Waals surface area contributed by atoms with Gasteiger partial charge in [0.05, 0.1) is 29.7 Å². The van der Waals surface area contributed by atoms with Gasteiger partial charge in [-0.05, 0) is 75.1 Å². The number of hydrogen-bond donors (Lipinski definition) is 1. The van der Waals surface area contributed by atoms with Crippen molar-refractivity contribution in [2.75, 3.05) is 12.4 Å². The van der Waals surface area contributed by atoms with Crippen molar-refractivity contribution in [2.24, 2.45) is 5.41 Å². The predicted octanol–water partition coefficient (Wildman–Crippen LogP) is 6.57. The van der Waals surface area contributed by atoms with Crippen LogP contribution in [0.25, 0.3) is 5.69 Å². The second-order valence-electron chi connectivity index (χ2n) is 10.0. The van der Waals surface area contributed by atoms with Crippen LogP contribution in [0.3, 0.4) is 0 Å². The molecule has 5 nitrogen and oxygen atoms in total. The maximum Gasteiger partial charge on any atom is 0.139 e. The Morgan fingerprint density at radius 1 is 1.19 bits per heavy atom. The minimum atomic E-state index is -0.0255. The zero-order valence-electron chi connectivity index (χ0n) is 19.8. The van der Waals surface area contributed by atoms with Crippen molar-refractivity contribution in [3.63, 3.8) is 0 Å². The van der Waals surface area contributed by atoms with Gasteiger partial charge in [-0.15, -0.1) is 0 Å². The molecule has 0 bridgehead atoms. The summed E-state index contributed by atoms with van der Waals surface area (Å²) in [5, 5.41) is 8.20. The maximum absolute atomic E-state index is 5.54. The van der Waals surface area contributed by atoms with Crippen LogP contribution in [0.15, 0.2) is 41.1 Å². The summed E-state index contributed by atoms with van der Waals surface area (Å²) in [5.41, 5.74) is 6.46. The molecular formula is C27H35N3O2. The van der Waals surface area contributed by atoms with E-state index >= 15 is 0 Å². The first-order valence-corrected chi connectivity index (χ1v) is 12.1. The summed E-state index contributed by atoms with van der Waals surface area (Å²) in [7, 11) is 1.74. The van der Waals surface area contributed by atoms with Gasteiger partial charge in [-0.1, -0.05) is 25.4 Å². The highest BCUT2D eigenvalue weighted by Gasteiger charge is 2.42. The molecule has 1 N–H and O–H groups in total. The Balaban J connectivity index is 1.39. The van der Waals surface area contributed by atoms with E-state index in [9.17, 15) is 0 Å². The lowest BCUT2D eigenvalue weighted by Gasteiger charge is -2.41. The molecular weight excluding hydrogens is 398 g/mol. The minimum Gasteiger partial charge on any atom is -0.497 e. The molecule has 5 rings (SSSR count). The van der Waals surface area contributed by atoms with Gasteiger partial charge in [-0.2, -0.15) is 0 Å². The summed E-state index contributed by atoms with van der Waals surface area (Å²) in [5.74, 6) is 1.96. The Bertz CT molecular complexity index is 1110. The third-order valence-electron chi connectivity index (χ3n) is 7.98. The van der Waals surface area contributed by atoms with E-state index in [4.69, 9.17) is 9.26 Å². The van der Waals surface area contributed by atoms with Crippen LogP contribution in [0.4, 0.5) is 5.69 Å². The van der Waals surface area contributed by atoms with Crippen molar-refractivity contribution >= 4 is 5.69 Å². The number of ether oxygens (including phenoxy) is 1. The number of benzene rings is 1. The van der Waals surface area contributed by atoms with Crippen molar-refractivity contribution in [2.45, 2.75) is 77.7 Å². The third kappa shape index (κ3) is 3.52. The van der Waals surface area contributed by atoms with Crippen LogP contribution in [-0.2, 0) is 18.4 Å². The van der Waals surface area contributed by atoms with Gasteiger partial charge in [-0.3, -0.25) is 0 Å². The van der Waals surface area contributed by atoms with E-state index in [1.807, 2.05) is 6.07 Å². The lowest BCUT2D eigenvalue weighted by Crippen LogP contribution is -2.40. The smallest absolute Gasteiger partial charge is 0.139 e. The van der Waals surface area contributed by atoms with E-state index in [2.05, 4.69) is 66.3 Å². The Morgan fingerprint density at radius 2 is 2.06 bits per heavy atom. The van der Waals surface area contributed by atoms with Gasteiger partial charge in [0.1, 0.15) is 11.5 Å². The Hall–Kier alpha value is -2.69. The van der Waals surface area contributed by atoms with E-state index in [0.29, 0.717) is 5.41 Å². The van der Waals surface area contributed by atoms with Crippen molar-refractivity contribution in [3.05, 3.63) is 59.2 Å². The highest BCUT2D eigenvalue weighted by atomic mass is 16.5. The van der Waals surface area contributed by atoms with E-state index in [0.717, 1.165) is 42.9 Å². The predicted molar refractivity (Wildman–Crippen MR) is 128 cm³/mol. The molecule has 2 aromatic heterocycles. The number of nitrogens with zero attached hydrogens (tertiary/aromatic N) is 2. The molecule has 0 saturated heterocycles. The first kappa shape index (κ1) is 21.2. The zero-order chi connectivity index (χ0) is 22.3. The van der Waals surface area contributed by atoms with Crippen LogP contribution in [0, 0.1) is 12.3 Å². The van der Waals surface area contributed by atoms with Crippen molar-refractivity contribution in [1.82, 2.24) is 9.72 Å². The molecule has 1 aliphatic carbocycles. The molecule has 2 atom stereocenters. The fourth-order valence-corrected chi connectivity index (χ4v) is 5.93. The summed E-state index contributed by atoms with van der Waals surface area (Å²) >= 11 is 0. The second-order valence-corrected chi connectivity index (χ2v) is 10.0. The number of aryl methyl sites for hydroxylation is 2. The minimum absolute atomic E-state index is 0.0255. The summed E-state index contributed by atoms with van der Waals surface area (Å²) in [6.45, 7) is 6.71. The molecule has 1 spiro atoms. The molecule has 0 amide bonds. The lowest BCUT2D eigenvalue weighted by molar-refractivity contribution is 0.247. The van der Waals surface area contributed by atoms with Crippen molar-refractivity contribution in [3.8, 4) is 11.4 Å². The largest absolute Gasteiger partial charge is 0.497 e. The first-order chi connectivity index (χ1) is 15.5. The molecule has 1 fully saturated rings. The van der Waals surface area contributed by atoms with Gasteiger partial charge >= 0.3 is 0 Å². The van der Waals surface area contributed by atoms with Crippen molar-refractivity contribution in [1.29, 1.82) is 0 Å². The number of rotatable bonds is 5. The normalized spacial score (nSPS) is 24.5. The molecule has 2 unspecified atom stereocenters. The molecule has 1 aliphatic heterocycles. The average Bonchev–Trinajstić information content (AvgIpc) is 3.39.